The van der Waals surface area contributed by atoms with Gasteiger partial charge in [0.15, 0.2) is 0 Å². The van der Waals surface area contributed by atoms with Gasteiger partial charge >= 0.3 is 11.9 Å². The highest BCUT2D eigenvalue weighted by Gasteiger charge is 2.33. The number of phenolic OH excluding ortho intramolecular Hbond substituents is 1. The van der Waals surface area contributed by atoms with E-state index < -0.39 is 90.8 Å². The Hall–Kier alpha value is -4.81. The van der Waals surface area contributed by atoms with Crippen molar-refractivity contribution in [2.45, 2.75) is 95.5 Å². The molecular weight excluding hydrogens is 646 g/mol. The lowest BCUT2D eigenvalue weighted by atomic mass is 10.0. The smallest absolute Gasteiger partial charge is 0.326 e. The number of nitrogens with one attached hydrogen (secondary N) is 5. The molecule has 0 aliphatic heterocycles. The number of rotatable bonds is 22. The molecular formula is C31H49N7O11. The first-order valence-electron chi connectivity index (χ1n) is 15.8. The van der Waals surface area contributed by atoms with E-state index in [-0.39, 0.29) is 37.5 Å². The molecule has 13 N–H and O–H groups in total. The molecule has 5 amide bonds. The third-order valence-electron chi connectivity index (χ3n) is 7.21. The molecule has 6 unspecified atom stereocenters. The van der Waals surface area contributed by atoms with Crippen LogP contribution >= 0.6 is 0 Å². The number of carbonyl (C=O) groups excluding carboxylic acids is 5. The number of unbranched alkanes of at least 4 members (excludes halogenated alkanes) is 1. The Morgan fingerprint density at radius 1 is 0.714 bits per heavy atom. The number of carboxylic acid groups (broad SMARTS) is 2. The van der Waals surface area contributed by atoms with Gasteiger partial charge in [-0.1, -0.05) is 26.0 Å². The first-order chi connectivity index (χ1) is 23.0. The number of aromatic hydroxyl groups is 1. The summed E-state index contributed by atoms with van der Waals surface area (Å²) < 4.78 is 0. The molecule has 6 atom stereocenters. The molecule has 0 fully saturated rings. The average molecular weight is 696 g/mol. The molecule has 0 spiro atoms. The molecule has 0 aliphatic carbocycles. The Kier molecular flexibility index (Phi) is 18.3. The van der Waals surface area contributed by atoms with Gasteiger partial charge in [0, 0.05) is 0 Å². The van der Waals surface area contributed by atoms with Crippen molar-refractivity contribution in [3.63, 3.8) is 0 Å². The molecule has 18 heteroatoms. The predicted molar refractivity (Wildman–Crippen MR) is 174 cm³/mol. The van der Waals surface area contributed by atoms with Gasteiger partial charge in [-0.2, -0.15) is 0 Å². The number of nitrogens with two attached hydrogens (primary N) is 2. The van der Waals surface area contributed by atoms with Crippen LogP contribution in [0.25, 0.3) is 0 Å². The van der Waals surface area contributed by atoms with E-state index in [0.29, 0.717) is 18.4 Å². The Morgan fingerprint density at radius 3 is 1.78 bits per heavy atom. The van der Waals surface area contributed by atoms with Crippen molar-refractivity contribution in [2.75, 3.05) is 13.2 Å². The number of phenols is 1. The Balaban J connectivity index is 2.96. The summed E-state index contributed by atoms with van der Waals surface area (Å²) in [5.41, 5.74) is 12.1. The number of amides is 5. The fourth-order valence-corrected chi connectivity index (χ4v) is 4.51. The second-order valence-corrected chi connectivity index (χ2v) is 12.0. The summed E-state index contributed by atoms with van der Waals surface area (Å²) in [6.45, 7) is 4.11. The summed E-state index contributed by atoms with van der Waals surface area (Å²) in [6.07, 6.45) is 0.0751. The van der Waals surface area contributed by atoms with Crippen molar-refractivity contribution in [1.29, 1.82) is 0 Å². The molecule has 0 heterocycles. The van der Waals surface area contributed by atoms with Gasteiger partial charge < -0.3 is 58.5 Å². The third kappa shape index (κ3) is 15.8. The molecule has 0 aliphatic rings. The van der Waals surface area contributed by atoms with Crippen molar-refractivity contribution in [1.82, 2.24) is 26.6 Å². The second-order valence-electron chi connectivity index (χ2n) is 12.0. The normalized spacial score (nSPS) is 14.7. The van der Waals surface area contributed by atoms with Crippen LogP contribution in [-0.4, -0.2) is 111 Å². The van der Waals surface area contributed by atoms with Crippen LogP contribution in [0.1, 0.15) is 58.4 Å². The summed E-state index contributed by atoms with van der Waals surface area (Å²) in [6, 6.07) is -2.35. The number of benzene rings is 1. The van der Waals surface area contributed by atoms with Gasteiger partial charge in [-0.05, 0) is 69.2 Å². The first kappa shape index (κ1) is 42.2. The lowest BCUT2D eigenvalue weighted by Crippen LogP contribution is -2.60. The largest absolute Gasteiger partial charge is 0.508 e. The molecule has 0 bridgehead atoms. The zero-order valence-electron chi connectivity index (χ0n) is 27.8. The van der Waals surface area contributed by atoms with E-state index in [4.69, 9.17) is 11.5 Å². The molecule has 1 aromatic rings. The van der Waals surface area contributed by atoms with Gasteiger partial charge in [-0.25, -0.2) is 4.79 Å². The van der Waals surface area contributed by atoms with E-state index in [1.165, 1.54) is 19.1 Å². The lowest BCUT2D eigenvalue weighted by Gasteiger charge is -2.26. The van der Waals surface area contributed by atoms with E-state index in [1.54, 1.807) is 26.0 Å². The highest BCUT2D eigenvalue weighted by molar-refractivity contribution is 5.97. The summed E-state index contributed by atoms with van der Waals surface area (Å²) in [4.78, 5) is 87.8. The monoisotopic (exact) mass is 695 g/mol. The maximum Gasteiger partial charge on any atom is 0.326 e. The van der Waals surface area contributed by atoms with Gasteiger partial charge in [0.2, 0.25) is 29.5 Å². The molecule has 1 rings (SSSR count). The fraction of sp³-hybridized carbons (Fsp3) is 0.581. The summed E-state index contributed by atoms with van der Waals surface area (Å²) in [5, 5.41) is 49.6. The molecule has 1 aromatic carbocycles. The maximum atomic E-state index is 13.2. The first-order valence-corrected chi connectivity index (χ1v) is 15.8. The Labute approximate surface area is 283 Å². The minimum absolute atomic E-state index is 0.0219. The number of hydrogen-bond donors (Lipinski definition) is 11. The topological polar surface area (TPSA) is 313 Å². The average Bonchev–Trinajstić information content (AvgIpc) is 3.02. The maximum absolute atomic E-state index is 13.2. The minimum Gasteiger partial charge on any atom is -0.508 e. The van der Waals surface area contributed by atoms with Crippen LogP contribution in [0.5, 0.6) is 5.75 Å². The van der Waals surface area contributed by atoms with Crippen molar-refractivity contribution >= 4 is 41.5 Å². The minimum atomic E-state index is -1.78. The van der Waals surface area contributed by atoms with E-state index in [0.717, 1.165) is 0 Å². The molecule has 0 saturated carbocycles. The summed E-state index contributed by atoms with van der Waals surface area (Å²) in [7, 11) is 0. The SMILES string of the molecule is CC(C)CC(NC(=O)C(CCCCN)NC(=O)C(CC(=O)O)NC(=O)C(CO)NC(=O)C(C)NC(=O)C(N)Cc1ccc(O)cc1)C(=O)O. The number of carboxylic acids is 2. The van der Waals surface area contributed by atoms with E-state index in [9.17, 15) is 54.0 Å². The van der Waals surface area contributed by atoms with E-state index in [1.807, 2.05) is 0 Å². The van der Waals surface area contributed by atoms with Crippen LogP contribution in [-0.2, 0) is 40.0 Å². The van der Waals surface area contributed by atoms with Crippen molar-refractivity contribution in [3.05, 3.63) is 29.8 Å². The number of carbonyl (C=O) groups is 7. The number of hydrogen-bond acceptors (Lipinski definition) is 11. The number of aliphatic carboxylic acids is 2. The van der Waals surface area contributed by atoms with Crippen LogP contribution in [0.3, 0.4) is 0 Å². The van der Waals surface area contributed by atoms with Crippen molar-refractivity contribution in [2.24, 2.45) is 17.4 Å². The molecule has 0 radical (unpaired) electrons. The van der Waals surface area contributed by atoms with E-state index >= 15 is 0 Å². The molecule has 0 saturated heterocycles. The zero-order valence-corrected chi connectivity index (χ0v) is 27.8. The summed E-state index contributed by atoms with van der Waals surface area (Å²) >= 11 is 0. The standard InChI is InChI=1S/C31H49N7O11/c1-16(2)12-23(31(48)49)37-28(45)21(6-4-5-11-32)35-29(46)22(14-25(41)42)36-30(47)24(15-39)38-26(43)17(3)34-27(44)20(33)13-18-7-9-19(40)10-8-18/h7-10,16-17,20-24,39-40H,4-6,11-15,32-33H2,1-3H3,(H,34,44)(H,35,46)(H,36,47)(H,37,45)(H,38,43)(H,41,42)(H,48,49). The Morgan fingerprint density at radius 2 is 1.24 bits per heavy atom. The van der Waals surface area contributed by atoms with E-state index in [2.05, 4.69) is 26.6 Å². The highest BCUT2D eigenvalue weighted by Crippen LogP contribution is 2.11. The van der Waals surface area contributed by atoms with Crippen LogP contribution in [0, 0.1) is 5.92 Å². The lowest BCUT2D eigenvalue weighted by molar-refractivity contribution is -0.143. The number of aliphatic hydroxyl groups excluding tert-OH is 1. The van der Waals surface area contributed by atoms with Gasteiger partial charge in [0.05, 0.1) is 19.1 Å². The molecule has 18 nitrogen and oxygen atoms in total. The third-order valence-corrected chi connectivity index (χ3v) is 7.21. The quantitative estimate of drug-likeness (QED) is 0.0557. The predicted octanol–water partition coefficient (Wildman–Crippen LogP) is -2.57. The van der Waals surface area contributed by atoms with Crippen LogP contribution < -0.4 is 38.1 Å². The van der Waals surface area contributed by atoms with Crippen molar-refractivity contribution < 1.29 is 54.0 Å². The van der Waals surface area contributed by atoms with Gasteiger partial charge in [0.25, 0.3) is 0 Å². The van der Waals surface area contributed by atoms with Crippen LogP contribution in [0.15, 0.2) is 24.3 Å². The molecule has 274 valence electrons. The summed E-state index contributed by atoms with van der Waals surface area (Å²) in [5.74, 6) is -7.54. The fourth-order valence-electron chi connectivity index (χ4n) is 4.51. The van der Waals surface area contributed by atoms with Gasteiger partial charge in [-0.15, -0.1) is 0 Å². The second kappa shape index (κ2) is 21.2. The highest BCUT2D eigenvalue weighted by atomic mass is 16.4. The molecule has 0 aromatic heterocycles. The zero-order chi connectivity index (χ0) is 37.3. The van der Waals surface area contributed by atoms with Gasteiger partial charge in [-0.3, -0.25) is 28.8 Å². The van der Waals surface area contributed by atoms with Crippen LogP contribution in [0.4, 0.5) is 0 Å². The molecule has 49 heavy (non-hydrogen) atoms. The number of aliphatic hydroxyl groups is 1. The van der Waals surface area contributed by atoms with Gasteiger partial charge in [0.1, 0.15) is 36.0 Å². The Bertz CT molecular complexity index is 1290. The van der Waals surface area contributed by atoms with Crippen molar-refractivity contribution in [3.8, 4) is 5.75 Å². The van der Waals surface area contributed by atoms with Crippen LogP contribution in [0.2, 0.25) is 0 Å².